The third-order valence-electron chi connectivity index (χ3n) is 6.21. The minimum Gasteiger partial charge on any atom is -0.459 e. The minimum absolute atomic E-state index is 0.207. The van der Waals surface area contributed by atoms with Crippen molar-refractivity contribution in [1.29, 1.82) is 0 Å². The second kappa shape index (κ2) is 6.27. The number of rotatable bonds is 3. The quantitative estimate of drug-likeness (QED) is 0.564. The monoisotopic (exact) mass is 394 g/mol. The Bertz CT molecular complexity index is 958. The van der Waals surface area contributed by atoms with Crippen LogP contribution in [0.25, 0.3) is 11.0 Å². The molecular formula is C20H26O8. The fourth-order valence-corrected chi connectivity index (χ4v) is 3.68. The Labute approximate surface area is 161 Å². The van der Waals surface area contributed by atoms with Crippen LogP contribution in [0.1, 0.15) is 33.3 Å². The highest BCUT2D eigenvalue weighted by molar-refractivity contribution is 5.81. The molecule has 3 rings (SSSR count). The summed E-state index contributed by atoms with van der Waals surface area (Å²) in [4.78, 5) is 11.6. The van der Waals surface area contributed by atoms with E-state index in [1.54, 1.807) is 19.1 Å². The Morgan fingerprint density at radius 2 is 1.71 bits per heavy atom. The van der Waals surface area contributed by atoms with E-state index in [0.29, 0.717) is 5.58 Å². The van der Waals surface area contributed by atoms with Crippen molar-refractivity contribution in [1.82, 2.24) is 0 Å². The standard InChI is InChI=1S/C20H26O8/c1-11-8-16(22)26-14-9-12(6-7-13(11)14)27-20(5)19(4,25)18(3,24)17(2,23)15(10-21)28-20/h6-9,15,21,23-25H,10H2,1-5H3/t15?,17-,18?,19?,20+/m0/s1. The van der Waals surface area contributed by atoms with Crippen molar-refractivity contribution < 1.29 is 34.3 Å². The van der Waals surface area contributed by atoms with Crippen LogP contribution in [0.2, 0.25) is 0 Å². The Morgan fingerprint density at radius 3 is 2.32 bits per heavy atom. The van der Waals surface area contributed by atoms with E-state index in [1.807, 2.05) is 0 Å². The predicted molar refractivity (Wildman–Crippen MR) is 100 cm³/mol. The average Bonchev–Trinajstić information content (AvgIpc) is 2.57. The maximum atomic E-state index is 11.6. The summed E-state index contributed by atoms with van der Waals surface area (Å²) in [5, 5.41) is 43.1. The summed E-state index contributed by atoms with van der Waals surface area (Å²) >= 11 is 0. The van der Waals surface area contributed by atoms with Gasteiger partial charge in [-0.05, 0) is 45.4 Å². The van der Waals surface area contributed by atoms with Gasteiger partial charge in [0.2, 0.25) is 5.79 Å². The van der Waals surface area contributed by atoms with Crippen LogP contribution >= 0.6 is 0 Å². The van der Waals surface area contributed by atoms with Crippen LogP contribution in [-0.2, 0) is 4.74 Å². The lowest BCUT2D eigenvalue weighted by Crippen LogP contribution is -2.82. The normalized spacial score (nSPS) is 38.5. The number of hydrogen-bond acceptors (Lipinski definition) is 8. The zero-order chi connectivity index (χ0) is 21.1. The summed E-state index contributed by atoms with van der Waals surface area (Å²) in [5.41, 5.74) is -5.61. The molecule has 2 aromatic rings. The largest absolute Gasteiger partial charge is 0.459 e. The van der Waals surface area contributed by atoms with E-state index in [0.717, 1.165) is 10.9 Å². The first-order chi connectivity index (χ1) is 12.8. The first kappa shape index (κ1) is 20.8. The molecule has 1 fully saturated rings. The Balaban J connectivity index is 2.07. The zero-order valence-electron chi connectivity index (χ0n) is 16.5. The number of aryl methyl sites for hydroxylation is 1. The van der Waals surface area contributed by atoms with Crippen molar-refractivity contribution in [3.8, 4) is 5.75 Å². The van der Waals surface area contributed by atoms with Gasteiger partial charge in [0.15, 0.2) is 5.60 Å². The second-order valence-corrected chi connectivity index (χ2v) is 8.04. The molecule has 0 spiro atoms. The summed E-state index contributed by atoms with van der Waals surface area (Å²) in [7, 11) is 0. The smallest absolute Gasteiger partial charge is 0.336 e. The molecule has 5 atom stereocenters. The molecule has 0 saturated carbocycles. The summed E-state index contributed by atoms with van der Waals surface area (Å²) in [6, 6.07) is 6.16. The van der Waals surface area contributed by atoms with E-state index in [4.69, 9.17) is 13.9 Å². The molecule has 1 aromatic carbocycles. The van der Waals surface area contributed by atoms with Gasteiger partial charge < -0.3 is 34.3 Å². The second-order valence-electron chi connectivity index (χ2n) is 8.04. The molecule has 8 heteroatoms. The van der Waals surface area contributed by atoms with Gasteiger partial charge in [-0.25, -0.2) is 4.79 Å². The Kier molecular flexibility index (Phi) is 4.64. The van der Waals surface area contributed by atoms with Gasteiger partial charge in [-0.1, -0.05) is 0 Å². The van der Waals surface area contributed by atoms with E-state index in [2.05, 4.69) is 0 Å². The van der Waals surface area contributed by atoms with E-state index >= 15 is 0 Å². The number of fused-ring (bicyclic) bond motifs is 1. The van der Waals surface area contributed by atoms with Crippen LogP contribution in [0, 0.1) is 6.92 Å². The fourth-order valence-electron chi connectivity index (χ4n) is 3.68. The van der Waals surface area contributed by atoms with Gasteiger partial charge in [-0.3, -0.25) is 0 Å². The maximum Gasteiger partial charge on any atom is 0.336 e. The van der Waals surface area contributed by atoms with Crippen molar-refractivity contribution in [2.75, 3.05) is 6.61 Å². The van der Waals surface area contributed by atoms with Gasteiger partial charge in [0.25, 0.3) is 0 Å². The topological polar surface area (TPSA) is 130 Å². The average molecular weight is 394 g/mol. The summed E-state index contributed by atoms with van der Waals surface area (Å²) in [5.74, 6) is -1.64. The van der Waals surface area contributed by atoms with E-state index in [-0.39, 0.29) is 5.75 Å². The molecule has 154 valence electrons. The van der Waals surface area contributed by atoms with Gasteiger partial charge in [-0.2, -0.15) is 0 Å². The van der Waals surface area contributed by atoms with Crippen LogP contribution < -0.4 is 10.4 Å². The highest BCUT2D eigenvalue weighted by atomic mass is 16.7. The van der Waals surface area contributed by atoms with Crippen molar-refractivity contribution in [3.63, 3.8) is 0 Å². The van der Waals surface area contributed by atoms with E-state index in [9.17, 15) is 25.2 Å². The molecule has 4 N–H and O–H groups in total. The lowest BCUT2D eigenvalue weighted by molar-refractivity contribution is -0.415. The molecule has 1 aromatic heterocycles. The van der Waals surface area contributed by atoms with Crippen LogP contribution in [0.4, 0.5) is 0 Å². The first-order valence-corrected chi connectivity index (χ1v) is 8.96. The van der Waals surface area contributed by atoms with Crippen molar-refractivity contribution in [2.24, 2.45) is 0 Å². The van der Waals surface area contributed by atoms with Crippen molar-refractivity contribution >= 4 is 11.0 Å². The summed E-state index contributed by atoms with van der Waals surface area (Å²) in [6.45, 7) is 6.37. The highest BCUT2D eigenvalue weighted by Gasteiger charge is 2.71. The lowest BCUT2D eigenvalue weighted by Gasteiger charge is -2.61. The highest BCUT2D eigenvalue weighted by Crippen LogP contribution is 2.49. The third kappa shape index (κ3) is 2.75. The van der Waals surface area contributed by atoms with E-state index in [1.165, 1.54) is 39.8 Å². The predicted octanol–water partition coefficient (Wildman–Crippen LogP) is 0.841. The van der Waals surface area contributed by atoms with Crippen LogP contribution in [0.5, 0.6) is 5.75 Å². The molecule has 2 heterocycles. The van der Waals surface area contributed by atoms with Gasteiger partial charge in [0, 0.05) is 24.4 Å². The van der Waals surface area contributed by atoms with Gasteiger partial charge >= 0.3 is 5.63 Å². The maximum absolute atomic E-state index is 11.6. The fraction of sp³-hybridized carbons (Fsp3) is 0.550. The summed E-state index contributed by atoms with van der Waals surface area (Å²) in [6.07, 6.45) is -1.23. The van der Waals surface area contributed by atoms with Crippen LogP contribution in [-0.4, -0.2) is 55.7 Å². The molecule has 0 radical (unpaired) electrons. The van der Waals surface area contributed by atoms with Gasteiger partial charge in [-0.15, -0.1) is 0 Å². The lowest BCUT2D eigenvalue weighted by atomic mass is 9.65. The third-order valence-corrected chi connectivity index (χ3v) is 6.21. The summed E-state index contributed by atoms with van der Waals surface area (Å²) < 4.78 is 16.8. The number of aliphatic hydroxyl groups is 4. The number of benzene rings is 1. The molecular weight excluding hydrogens is 368 g/mol. The molecule has 8 nitrogen and oxygen atoms in total. The number of aliphatic hydroxyl groups excluding tert-OH is 1. The van der Waals surface area contributed by atoms with Crippen LogP contribution in [0.3, 0.4) is 0 Å². The Hall–Kier alpha value is -1.97. The number of hydrogen-bond donors (Lipinski definition) is 4. The van der Waals surface area contributed by atoms with Gasteiger partial charge in [0.1, 0.15) is 28.6 Å². The SMILES string of the molecule is Cc1cc(=O)oc2cc(O[C@]3(C)OC(CO)[C@](C)(O)C(C)(O)C3(C)O)ccc12. The van der Waals surface area contributed by atoms with Gasteiger partial charge in [0.05, 0.1) is 6.61 Å². The molecule has 0 bridgehead atoms. The molecule has 1 saturated heterocycles. The minimum atomic E-state index is -2.10. The van der Waals surface area contributed by atoms with Crippen molar-refractivity contribution in [3.05, 3.63) is 40.2 Å². The zero-order valence-corrected chi connectivity index (χ0v) is 16.5. The van der Waals surface area contributed by atoms with Crippen LogP contribution in [0.15, 0.2) is 33.5 Å². The first-order valence-electron chi connectivity index (χ1n) is 8.96. The molecule has 0 aliphatic carbocycles. The molecule has 1 aliphatic heterocycles. The van der Waals surface area contributed by atoms with E-state index < -0.39 is 40.9 Å². The molecule has 1 aliphatic rings. The molecule has 28 heavy (non-hydrogen) atoms. The number of ether oxygens (including phenoxy) is 2. The van der Waals surface area contributed by atoms with Crippen molar-refractivity contribution in [2.45, 2.75) is 63.3 Å². The molecule has 0 amide bonds. The molecule has 3 unspecified atom stereocenters. The Morgan fingerprint density at radius 1 is 1.07 bits per heavy atom.